The maximum Gasteiger partial charge on any atom is 1.00 e. The standard InChI is InChI=1S/C24H23F3N2O2.CH3.Cs/c1-15(18-13-29(2)14-18)28-23(30)17-6-11-21-16(12-17)4-3-5-22(21)31-20-9-7-19(8-10-20)24(25,26)27;;/h3-12,15,18H,13-14H2,1-2H3,(H,28,30);1H3;/q;-1;+1. The fraction of sp³-hybridized carbons (Fsp3) is 0.280. The van der Waals surface area contributed by atoms with Crippen LogP contribution in [-0.2, 0) is 6.18 Å². The topological polar surface area (TPSA) is 41.6 Å². The van der Waals surface area contributed by atoms with Gasteiger partial charge in [0.05, 0.1) is 5.56 Å². The molecule has 0 aliphatic carbocycles. The number of carbonyl (C=O) groups is 1. The second kappa shape index (κ2) is 11.6. The summed E-state index contributed by atoms with van der Waals surface area (Å²) in [6.07, 6.45) is -4.39. The monoisotopic (exact) mass is 576 g/mol. The summed E-state index contributed by atoms with van der Waals surface area (Å²) in [7, 11) is 2.05. The van der Waals surface area contributed by atoms with Crippen LogP contribution in [0.25, 0.3) is 10.8 Å². The van der Waals surface area contributed by atoms with Gasteiger partial charge in [-0.05, 0) is 67.9 Å². The Hall–Kier alpha value is -1.01. The van der Waals surface area contributed by atoms with Gasteiger partial charge in [-0.3, -0.25) is 4.79 Å². The zero-order valence-electron chi connectivity index (χ0n) is 19.2. The number of likely N-dealkylation sites (tertiary alicyclic amines) is 1. The van der Waals surface area contributed by atoms with E-state index in [4.69, 9.17) is 4.74 Å². The maximum atomic E-state index is 12.7. The van der Waals surface area contributed by atoms with Crippen LogP contribution in [0.2, 0.25) is 0 Å². The number of fused-ring (bicyclic) bond motifs is 1. The molecule has 170 valence electrons. The van der Waals surface area contributed by atoms with Crippen molar-refractivity contribution in [3.63, 3.8) is 0 Å². The molecular formula is C25H26CsF3N2O2. The van der Waals surface area contributed by atoms with Gasteiger partial charge in [-0.2, -0.15) is 13.2 Å². The Balaban J connectivity index is 0.00000193. The van der Waals surface area contributed by atoms with E-state index in [1.165, 1.54) is 12.1 Å². The van der Waals surface area contributed by atoms with E-state index in [2.05, 4.69) is 17.3 Å². The Labute approximate surface area is 251 Å². The van der Waals surface area contributed by atoms with E-state index in [1.807, 2.05) is 13.0 Å². The molecule has 3 aromatic rings. The molecule has 1 saturated heterocycles. The Morgan fingerprint density at radius 1 is 1.09 bits per heavy atom. The van der Waals surface area contributed by atoms with Crippen molar-refractivity contribution >= 4 is 16.7 Å². The van der Waals surface area contributed by atoms with Crippen LogP contribution in [-0.4, -0.2) is 37.0 Å². The van der Waals surface area contributed by atoms with Crippen LogP contribution in [0, 0.1) is 13.3 Å². The molecule has 0 radical (unpaired) electrons. The average molecular weight is 576 g/mol. The van der Waals surface area contributed by atoms with Crippen LogP contribution >= 0.6 is 0 Å². The van der Waals surface area contributed by atoms with Crippen molar-refractivity contribution in [2.45, 2.75) is 19.1 Å². The van der Waals surface area contributed by atoms with E-state index in [0.717, 1.165) is 36.0 Å². The molecule has 8 heteroatoms. The van der Waals surface area contributed by atoms with Crippen molar-refractivity contribution in [3.8, 4) is 11.5 Å². The van der Waals surface area contributed by atoms with Crippen LogP contribution in [0.4, 0.5) is 13.2 Å². The van der Waals surface area contributed by atoms with Crippen molar-refractivity contribution in [2.75, 3.05) is 20.1 Å². The number of hydrogen-bond acceptors (Lipinski definition) is 3. The molecule has 3 aromatic carbocycles. The number of nitrogens with one attached hydrogen (secondary N) is 1. The summed E-state index contributed by atoms with van der Waals surface area (Å²) in [5, 5.41) is 4.65. The minimum atomic E-state index is -4.39. The molecule has 4 rings (SSSR count). The summed E-state index contributed by atoms with van der Waals surface area (Å²) in [5.74, 6) is 1.15. The summed E-state index contributed by atoms with van der Waals surface area (Å²) in [5.41, 5.74) is -0.171. The third kappa shape index (κ3) is 6.78. The predicted molar refractivity (Wildman–Crippen MR) is 120 cm³/mol. The summed E-state index contributed by atoms with van der Waals surface area (Å²) in [6.45, 7) is 3.97. The number of benzene rings is 3. The molecule has 33 heavy (non-hydrogen) atoms. The first kappa shape index (κ1) is 28.2. The average Bonchev–Trinajstić information content (AvgIpc) is 2.71. The maximum absolute atomic E-state index is 12.7. The van der Waals surface area contributed by atoms with E-state index in [1.54, 1.807) is 30.3 Å². The van der Waals surface area contributed by atoms with E-state index in [0.29, 0.717) is 23.0 Å². The van der Waals surface area contributed by atoms with Crippen LogP contribution in [0.1, 0.15) is 22.8 Å². The first-order valence-corrected chi connectivity index (χ1v) is 10.1. The first-order chi connectivity index (χ1) is 14.7. The fourth-order valence-corrected chi connectivity index (χ4v) is 3.79. The number of halogens is 3. The molecule has 1 aliphatic heterocycles. The van der Waals surface area contributed by atoms with E-state index in [9.17, 15) is 18.0 Å². The number of carbonyl (C=O) groups excluding carboxylic acids is 1. The van der Waals surface area contributed by atoms with Crippen molar-refractivity contribution in [2.24, 2.45) is 5.92 Å². The van der Waals surface area contributed by atoms with Gasteiger partial charge in [-0.25, -0.2) is 0 Å². The summed E-state index contributed by atoms with van der Waals surface area (Å²) in [4.78, 5) is 14.9. The van der Waals surface area contributed by atoms with Crippen LogP contribution in [0.3, 0.4) is 0 Å². The second-order valence-corrected chi connectivity index (χ2v) is 8.06. The summed E-state index contributed by atoms with van der Waals surface area (Å²) >= 11 is 0. The van der Waals surface area contributed by atoms with Gasteiger partial charge in [0, 0.05) is 36.0 Å². The van der Waals surface area contributed by atoms with E-state index < -0.39 is 11.7 Å². The largest absolute Gasteiger partial charge is 1.00 e. The number of alkyl halides is 3. The zero-order valence-corrected chi connectivity index (χ0v) is 25.5. The van der Waals surface area contributed by atoms with Crippen molar-refractivity contribution in [1.29, 1.82) is 0 Å². The molecule has 1 fully saturated rings. The quantitative estimate of drug-likeness (QED) is 0.476. The molecule has 1 amide bonds. The molecule has 1 atom stereocenters. The van der Waals surface area contributed by atoms with Crippen molar-refractivity contribution in [1.82, 2.24) is 10.2 Å². The molecule has 0 bridgehead atoms. The third-order valence-electron chi connectivity index (χ3n) is 5.67. The van der Waals surface area contributed by atoms with Crippen LogP contribution in [0.5, 0.6) is 11.5 Å². The van der Waals surface area contributed by atoms with Gasteiger partial charge in [0.15, 0.2) is 0 Å². The molecule has 1 heterocycles. The van der Waals surface area contributed by atoms with Gasteiger partial charge in [0.25, 0.3) is 5.91 Å². The Bertz CT molecular complexity index is 1100. The minimum Gasteiger partial charge on any atom is -0.457 e. The number of ether oxygens (including phenoxy) is 1. The minimum absolute atomic E-state index is 0. The third-order valence-corrected chi connectivity index (χ3v) is 5.67. The van der Waals surface area contributed by atoms with Crippen molar-refractivity contribution < 1.29 is 91.6 Å². The molecule has 1 aliphatic rings. The summed E-state index contributed by atoms with van der Waals surface area (Å²) < 4.78 is 44.1. The van der Waals surface area contributed by atoms with Gasteiger partial charge < -0.3 is 22.4 Å². The number of hydrogen-bond donors (Lipinski definition) is 1. The molecular weight excluding hydrogens is 550 g/mol. The Morgan fingerprint density at radius 3 is 2.36 bits per heavy atom. The van der Waals surface area contributed by atoms with Crippen LogP contribution < -0.4 is 78.9 Å². The second-order valence-electron chi connectivity index (χ2n) is 8.06. The molecule has 1 unspecified atom stereocenters. The van der Waals surface area contributed by atoms with Gasteiger partial charge >= 0.3 is 75.1 Å². The number of rotatable bonds is 5. The Kier molecular flexibility index (Phi) is 9.94. The Morgan fingerprint density at radius 2 is 1.76 bits per heavy atom. The molecule has 0 saturated carbocycles. The van der Waals surface area contributed by atoms with E-state index in [-0.39, 0.29) is 88.3 Å². The van der Waals surface area contributed by atoms with Gasteiger partial charge in [0.1, 0.15) is 11.5 Å². The summed E-state index contributed by atoms with van der Waals surface area (Å²) in [6, 6.07) is 15.4. The molecule has 0 spiro atoms. The van der Waals surface area contributed by atoms with Gasteiger partial charge in [-0.15, -0.1) is 0 Å². The van der Waals surface area contributed by atoms with Crippen molar-refractivity contribution in [3.05, 3.63) is 79.2 Å². The van der Waals surface area contributed by atoms with Gasteiger partial charge in [0.2, 0.25) is 0 Å². The molecule has 4 nitrogen and oxygen atoms in total. The number of nitrogens with zero attached hydrogens (tertiary/aromatic N) is 1. The smallest absolute Gasteiger partial charge is 0.457 e. The predicted octanol–water partition coefficient (Wildman–Crippen LogP) is 2.79. The molecule has 1 N–H and O–H groups in total. The number of amides is 1. The zero-order chi connectivity index (χ0) is 22.2. The van der Waals surface area contributed by atoms with Gasteiger partial charge in [-0.1, -0.05) is 12.1 Å². The fourth-order valence-electron chi connectivity index (χ4n) is 3.79. The van der Waals surface area contributed by atoms with E-state index >= 15 is 0 Å². The van der Waals surface area contributed by atoms with Crippen LogP contribution in [0.15, 0.2) is 60.7 Å². The SMILES string of the molecule is CC(NC(=O)c1ccc2c(Oc3ccc(C(F)(F)F)cc3)cccc2c1)C1CN(C)C1.[CH3-].[Cs+]. The normalized spacial score (nSPS) is 15.1. The molecule has 0 aromatic heterocycles. The first-order valence-electron chi connectivity index (χ1n) is 10.1.